The molecule has 0 aromatic heterocycles. The zero-order valence-electron chi connectivity index (χ0n) is 11.5. The van der Waals surface area contributed by atoms with Gasteiger partial charge in [0.05, 0.1) is 12.9 Å². The molecule has 0 saturated carbocycles. The molecule has 0 aliphatic heterocycles. The van der Waals surface area contributed by atoms with Gasteiger partial charge in [-0.2, -0.15) is 8.42 Å². The quantitative estimate of drug-likeness (QED) is 0.710. The molecule has 0 aliphatic carbocycles. The van der Waals surface area contributed by atoms with Crippen LogP contribution in [0.3, 0.4) is 0 Å². The van der Waals surface area contributed by atoms with Gasteiger partial charge in [0, 0.05) is 23.2 Å². The Bertz CT molecular complexity index is 496. The molecule has 1 aromatic rings. The van der Waals surface area contributed by atoms with Crippen molar-refractivity contribution in [2.24, 2.45) is 0 Å². The van der Waals surface area contributed by atoms with Gasteiger partial charge < -0.3 is 4.90 Å². The van der Waals surface area contributed by atoms with Crippen molar-refractivity contribution in [3.63, 3.8) is 0 Å². The number of anilines is 1. The molecule has 19 heavy (non-hydrogen) atoms. The highest BCUT2D eigenvalue weighted by Crippen LogP contribution is 2.22. The predicted octanol–water partition coefficient (Wildman–Crippen LogP) is 2.95. The topological polar surface area (TPSA) is 46.6 Å². The highest BCUT2D eigenvalue weighted by atomic mass is 79.9. The molecule has 0 bridgehead atoms. The van der Waals surface area contributed by atoms with E-state index in [1.165, 1.54) is 0 Å². The molecule has 1 aromatic carbocycles. The second-order valence-corrected chi connectivity index (χ2v) is 7.06. The highest BCUT2D eigenvalue weighted by Gasteiger charge is 2.09. The average molecular weight is 350 g/mol. The Kier molecular flexibility index (Phi) is 6.29. The molecule has 0 atom stereocenters. The number of rotatable bonds is 7. The minimum absolute atomic E-state index is 0.171. The van der Waals surface area contributed by atoms with Crippen LogP contribution in [-0.4, -0.2) is 34.4 Å². The zero-order chi connectivity index (χ0) is 14.5. The molecule has 0 heterocycles. The Morgan fingerprint density at radius 2 is 1.95 bits per heavy atom. The van der Waals surface area contributed by atoms with E-state index in [4.69, 9.17) is 4.18 Å². The van der Waals surface area contributed by atoms with Crippen molar-refractivity contribution < 1.29 is 12.6 Å². The van der Waals surface area contributed by atoms with Crippen molar-refractivity contribution in [2.45, 2.75) is 20.3 Å². The first-order chi connectivity index (χ1) is 8.81. The zero-order valence-corrected chi connectivity index (χ0v) is 13.9. The lowest BCUT2D eigenvalue weighted by Gasteiger charge is -2.24. The van der Waals surface area contributed by atoms with Crippen molar-refractivity contribution in [1.29, 1.82) is 0 Å². The normalized spacial score (nSPS) is 11.6. The van der Waals surface area contributed by atoms with Crippen molar-refractivity contribution in [2.75, 3.05) is 30.9 Å². The van der Waals surface area contributed by atoms with E-state index in [9.17, 15) is 8.42 Å². The first kappa shape index (κ1) is 16.5. The average Bonchev–Trinajstić information content (AvgIpc) is 2.25. The lowest BCUT2D eigenvalue weighted by molar-refractivity contribution is 0.327. The first-order valence-electron chi connectivity index (χ1n) is 6.18. The summed E-state index contributed by atoms with van der Waals surface area (Å²) in [5.41, 5.74) is 2.24. The van der Waals surface area contributed by atoms with E-state index in [-0.39, 0.29) is 6.61 Å². The molecule has 0 unspecified atom stereocenters. The minimum Gasteiger partial charge on any atom is -0.369 e. The van der Waals surface area contributed by atoms with Crippen molar-refractivity contribution in [3.8, 4) is 0 Å². The monoisotopic (exact) mass is 349 g/mol. The third kappa shape index (κ3) is 6.40. The van der Waals surface area contributed by atoms with Crippen LogP contribution in [-0.2, 0) is 14.3 Å². The summed E-state index contributed by atoms with van der Waals surface area (Å²) in [5.74, 6) is 0. The Labute approximate surface area is 124 Å². The molecule has 0 fully saturated rings. The van der Waals surface area contributed by atoms with Crippen LogP contribution >= 0.6 is 15.9 Å². The Morgan fingerprint density at radius 3 is 2.47 bits per heavy atom. The van der Waals surface area contributed by atoms with Crippen LogP contribution in [0.5, 0.6) is 0 Å². The van der Waals surface area contributed by atoms with Gasteiger partial charge in [-0.1, -0.05) is 22.9 Å². The van der Waals surface area contributed by atoms with Gasteiger partial charge in [0.1, 0.15) is 0 Å². The summed E-state index contributed by atoms with van der Waals surface area (Å²) < 4.78 is 27.8. The SMILES string of the molecule is CCCN(CCOS(C)(=O)=O)c1cc(C)cc(Br)c1. The molecule has 0 aliphatic rings. The predicted molar refractivity (Wildman–Crippen MR) is 82.2 cm³/mol. The van der Waals surface area contributed by atoms with E-state index in [2.05, 4.69) is 33.8 Å². The van der Waals surface area contributed by atoms with Crippen molar-refractivity contribution in [3.05, 3.63) is 28.2 Å². The number of benzene rings is 1. The van der Waals surface area contributed by atoms with Gasteiger partial charge in [-0.25, -0.2) is 0 Å². The standard InChI is InChI=1S/C13H20BrNO3S/c1-4-5-15(6-7-18-19(3,16)17)13-9-11(2)8-12(14)10-13/h8-10H,4-7H2,1-3H3. The van der Waals surface area contributed by atoms with Gasteiger partial charge in [-0.15, -0.1) is 0 Å². The molecule has 108 valence electrons. The number of hydrogen-bond donors (Lipinski definition) is 0. The molecule has 1 rings (SSSR count). The molecule has 6 heteroatoms. The second kappa shape index (κ2) is 7.26. The van der Waals surface area contributed by atoms with Crippen LogP contribution < -0.4 is 4.90 Å². The van der Waals surface area contributed by atoms with Crippen molar-refractivity contribution >= 4 is 31.7 Å². The van der Waals surface area contributed by atoms with Gasteiger partial charge in [0.2, 0.25) is 0 Å². The van der Waals surface area contributed by atoms with E-state index in [0.717, 1.165) is 34.9 Å². The molecule has 0 radical (unpaired) electrons. The summed E-state index contributed by atoms with van der Waals surface area (Å²) >= 11 is 3.48. The fourth-order valence-corrected chi connectivity index (χ4v) is 2.81. The molecular formula is C13H20BrNO3S. The molecule has 0 N–H and O–H groups in total. The Morgan fingerprint density at radius 1 is 1.26 bits per heavy atom. The van der Waals surface area contributed by atoms with Crippen LogP contribution in [0.1, 0.15) is 18.9 Å². The number of nitrogens with zero attached hydrogens (tertiary/aromatic N) is 1. The summed E-state index contributed by atoms with van der Waals surface area (Å²) in [4.78, 5) is 2.13. The third-order valence-corrected chi connectivity index (χ3v) is 3.60. The summed E-state index contributed by atoms with van der Waals surface area (Å²) in [6, 6.07) is 6.16. The van der Waals surface area contributed by atoms with Gasteiger partial charge >= 0.3 is 0 Å². The molecule has 0 saturated heterocycles. The van der Waals surface area contributed by atoms with Gasteiger partial charge in [0.15, 0.2) is 0 Å². The minimum atomic E-state index is -3.37. The second-order valence-electron chi connectivity index (χ2n) is 4.50. The third-order valence-electron chi connectivity index (χ3n) is 2.54. The molecular weight excluding hydrogens is 330 g/mol. The van der Waals surface area contributed by atoms with E-state index >= 15 is 0 Å². The fraction of sp³-hybridized carbons (Fsp3) is 0.538. The number of hydrogen-bond acceptors (Lipinski definition) is 4. The van der Waals surface area contributed by atoms with Crippen molar-refractivity contribution in [1.82, 2.24) is 0 Å². The maximum Gasteiger partial charge on any atom is 0.264 e. The van der Waals surface area contributed by atoms with Crippen LogP contribution in [0.15, 0.2) is 22.7 Å². The summed E-state index contributed by atoms with van der Waals surface area (Å²) in [6.45, 7) is 5.71. The maximum absolute atomic E-state index is 11.0. The van der Waals surface area contributed by atoms with Gasteiger partial charge in [-0.05, 0) is 37.1 Å². The number of halogens is 1. The Balaban J connectivity index is 2.76. The van der Waals surface area contributed by atoms with Crippen LogP contribution in [0.4, 0.5) is 5.69 Å². The van der Waals surface area contributed by atoms with Crippen LogP contribution in [0.25, 0.3) is 0 Å². The van der Waals surface area contributed by atoms with Crippen LogP contribution in [0.2, 0.25) is 0 Å². The van der Waals surface area contributed by atoms with Gasteiger partial charge in [0.25, 0.3) is 10.1 Å². The van der Waals surface area contributed by atoms with E-state index < -0.39 is 10.1 Å². The van der Waals surface area contributed by atoms with Crippen LogP contribution in [0, 0.1) is 6.92 Å². The molecule has 4 nitrogen and oxygen atoms in total. The fourth-order valence-electron chi connectivity index (χ4n) is 1.84. The van der Waals surface area contributed by atoms with E-state index in [1.54, 1.807) is 0 Å². The Hall–Kier alpha value is -0.590. The highest BCUT2D eigenvalue weighted by molar-refractivity contribution is 9.10. The maximum atomic E-state index is 11.0. The van der Waals surface area contributed by atoms with Gasteiger partial charge in [-0.3, -0.25) is 4.18 Å². The summed E-state index contributed by atoms with van der Waals surface area (Å²) in [7, 11) is -3.37. The summed E-state index contributed by atoms with van der Waals surface area (Å²) in [5, 5.41) is 0. The lowest BCUT2D eigenvalue weighted by atomic mass is 10.2. The lowest BCUT2D eigenvalue weighted by Crippen LogP contribution is -2.29. The molecule has 0 amide bonds. The first-order valence-corrected chi connectivity index (χ1v) is 8.79. The molecule has 0 spiro atoms. The van der Waals surface area contributed by atoms with E-state index in [1.807, 2.05) is 19.1 Å². The van der Waals surface area contributed by atoms with E-state index in [0.29, 0.717) is 6.54 Å². The largest absolute Gasteiger partial charge is 0.369 e. The smallest absolute Gasteiger partial charge is 0.264 e. The number of aryl methyl sites for hydroxylation is 1. The summed E-state index contributed by atoms with van der Waals surface area (Å²) in [6.07, 6.45) is 2.06.